The van der Waals surface area contributed by atoms with Gasteiger partial charge in [0.25, 0.3) is 0 Å². The van der Waals surface area contributed by atoms with Crippen molar-refractivity contribution in [3.8, 4) is 0 Å². The molecular weight excluding hydrogens is 578 g/mol. The first-order valence-electron chi connectivity index (χ1n) is 13.7. The summed E-state index contributed by atoms with van der Waals surface area (Å²) in [6.07, 6.45) is -6.21. The summed E-state index contributed by atoms with van der Waals surface area (Å²) in [5.74, 6) is -0.666. The van der Waals surface area contributed by atoms with Gasteiger partial charge in [0.15, 0.2) is 5.96 Å². The zero-order valence-electron chi connectivity index (χ0n) is 24.0. The fourth-order valence-electron chi connectivity index (χ4n) is 4.74. The second kappa shape index (κ2) is 14.4. The van der Waals surface area contributed by atoms with Crippen LogP contribution in [0.15, 0.2) is 64.8 Å². The van der Waals surface area contributed by atoms with Crippen LogP contribution in [-0.2, 0) is 33.2 Å². The summed E-state index contributed by atoms with van der Waals surface area (Å²) in [6, 6.07) is 8.17. The third-order valence-corrected chi connectivity index (χ3v) is 6.91. The number of rotatable bonds is 11. The van der Waals surface area contributed by atoms with Crippen LogP contribution < -0.4 is 10.6 Å². The maximum Gasteiger partial charge on any atom is 0.416 e. The van der Waals surface area contributed by atoms with Gasteiger partial charge in [-0.1, -0.05) is 37.1 Å². The van der Waals surface area contributed by atoms with E-state index < -0.39 is 35.5 Å². The predicted molar refractivity (Wildman–Crippen MR) is 148 cm³/mol. The Kier molecular flexibility index (Phi) is 11.2. The molecule has 1 amide bonds. The summed E-state index contributed by atoms with van der Waals surface area (Å²) in [4.78, 5) is 30.2. The smallest absolute Gasteiger partial charge is 0.416 e. The summed E-state index contributed by atoms with van der Waals surface area (Å²) in [6.45, 7) is 3.80. The highest BCUT2D eigenvalue weighted by molar-refractivity contribution is 5.96. The zero-order chi connectivity index (χ0) is 31.8. The van der Waals surface area contributed by atoms with E-state index in [0.717, 1.165) is 43.5 Å². The highest BCUT2D eigenvalue weighted by Gasteiger charge is 2.37. The van der Waals surface area contributed by atoms with Gasteiger partial charge in [-0.15, -0.1) is 0 Å². The Morgan fingerprint density at radius 1 is 0.953 bits per heavy atom. The number of alkyl halides is 6. The number of methoxy groups -OCH3 is 1. The number of halogens is 6. The molecule has 2 aromatic carbocycles. The van der Waals surface area contributed by atoms with E-state index in [9.17, 15) is 35.9 Å². The molecule has 0 saturated heterocycles. The number of carbonyl (C=O) groups is 2. The van der Waals surface area contributed by atoms with E-state index >= 15 is 0 Å². The maximum absolute atomic E-state index is 13.5. The minimum atomic E-state index is -4.62. The Morgan fingerprint density at radius 2 is 1.58 bits per heavy atom. The molecule has 0 radical (unpaired) electrons. The van der Waals surface area contributed by atoms with E-state index in [-0.39, 0.29) is 35.1 Å². The third-order valence-electron chi connectivity index (χ3n) is 6.91. The van der Waals surface area contributed by atoms with Crippen molar-refractivity contribution in [3.63, 3.8) is 0 Å². The topological polar surface area (TPSA) is 83.0 Å². The molecular formula is C30H34F6N4O3. The third kappa shape index (κ3) is 9.23. The Balaban J connectivity index is 1.98. The van der Waals surface area contributed by atoms with Crippen LogP contribution in [0.25, 0.3) is 0 Å². The number of amides is 1. The number of hydrogen-bond acceptors (Lipinski definition) is 4. The summed E-state index contributed by atoms with van der Waals surface area (Å²) in [7, 11) is 1.17. The molecule has 234 valence electrons. The van der Waals surface area contributed by atoms with Gasteiger partial charge in [-0.25, -0.2) is 9.79 Å². The minimum Gasteiger partial charge on any atom is -0.466 e. The largest absolute Gasteiger partial charge is 0.466 e. The highest BCUT2D eigenvalue weighted by atomic mass is 19.4. The molecule has 1 atom stereocenters. The van der Waals surface area contributed by atoms with Crippen LogP contribution in [0.3, 0.4) is 0 Å². The lowest BCUT2D eigenvalue weighted by molar-refractivity contribution is -0.138. The average Bonchev–Trinajstić information content (AvgIpc) is 2.95. The van der Waals surface area contributed by atoms with Gasteiger partial charge < -0.3 is 20.3 Å². The number of benzene rings is 2. The number of aliphatic imine (C=N–C) groups is 1. The van der Waals surface area contributed by atoms with Gasteiger partial charge in [0.2, 0.25) is 5.91 Å². The van der Waals surface area contributed by atoms with E-state index in [1.807, 2.05) is 0 Å². The SMILES string of the molecule is COC(=O)C1=C(C)N(CCCCCCNC(C)=O)C(=NCc2cccc(C(F)(F)F)c2)NC1c1cccc(C(F)(F)F)c1. The molecule has 2 N–H and O–H groups in total. The number of nitrogens with zero attached hydrogens (tertiary/aromatic N) is 2. The van der Waals surface area contributed by atoms with Crippen molar-refractivity contribution in [3.05, 3.63) is 82.1 Å². The summed E-state index contributed by atoms with van der Waals surface area (Å²) in [5.41, 5.74) is -0.835. The van der Waals surface area contributed by atoms with Gasteiger partial charge in [-0.2, -0.15) is 26.3 Å². The molecule has 0 saturated carbocycles. The predicted octanol–water partition coefficient (Wildman–Crippen LogP) is 6.37. The van der Waals surface area contributed by atoms with Gasteiger partial charge in [0.05, 0.1) is 36.4 Å². The molecule has 1 aliphatic heterocycles. The van der Waals surface area contributed by atoms with Gasteiger partial charge in [0, 0.05) is 25.7 Å². The molecule has 43 heavy (non-hydrogen) atoms. The lowest BCUT2D eigenvalue weighted by atomic mass is 9.93. The summed E-state index contributed by atoms with van der Waals surface area (Å²) < 4.78 is 85.4. The number of unbranched alkanes of at least 4 members (excludes halogenated alkanes) is 3. The van der Waals surface area contributed by atoms with Crippen LogP contribution in [0.2, 0.25) is 0 Å². The first kappa shape index (κ1) is 33.5. The molecule has 2 aromatic rings. The van der Waals surface area contributed by atoms with Crippen molar-refractivity contribution in [2.75, 3.05) is 20.2 Å². The van der Waals surface area contributed by atoms with Crippen LogP contribution >= 0.6 is 0 Å². The quantitative estimate of drug-likeness (QED) is 0.175. The molecule has 0 aliphatic carbocycles. The zero-order valence-corrected chi connectivity index (χ0v) is 24.0. The lowest BCUT2D eigenvalue weighted by Crippen LogP contribution is -2.49. The van der Waals surface area contributed by atoms with Crippen LogP contribution in [0.5, 0.6) is 0 Å². The van der Waals surface area contributed by atoms with E-state index in [0.29, 0.717) is 25.2 Å². The molecule has 7 nitrogen and oxygen atoms in total. The van der Waals surface area contributed by atoms with Crippen molar-refractivity contribution in [1.29, 1.82) is 0 Å². The molecule has 1 aliphatic rings. The van der Waals surface area contributed by atoms with Gasteiger partial charge in [0.1, 0.15) is 0 Å². The van der Waals surface area contributed by atoms with E-state index in [4.69, 9.17) is 4.74 Å². The number of carbonyl (C=O) groups excluding carboxylic acids is 2. The molecule has 1 unspecified atom stereocenters. The second-order valence-corrected chi connectivity index (χ2v) is 10.1. The van der Waals surface area contributed by atoms with Gasteiger partial charge >= 0.3 is 18.3 Å². The fourth-order valence-corrected chi connectivity index (χ4v) is 4.74. The summed E-state index contributed by atoms with van der Waals surface area (Å²) in [5, 5.41) is 5.79. The van der Waals surface area contributed by atoms with Crippen LogP contribution in [0.4, 0.5) is 26.3 Å². The van der Waals surface area contributed by atoms with Crippen molar-refractivity contribution in [2.24, 2.45) is 4.99 Å². The first-order chi connectivity index (χ1) is 20.2. The van der Waals surface area contributed by atoms with Gasteiger partial charge in [-0.3, -0.25) is 4.79 Å². The fraction of sp³-hybridized carbons (Fsp3) is 0.433. The van der Waals surface area contributed by atoms with E-state index in [1.165, 1.54) is 38.3 Å². The summed E-state index contributed by atoms with van der Waals surface area (Å²) >= 11 is 0. The molecule has 0 fully saturated rings. The molecule has 1 heterocycles. The molecule has 0 aromatic heterocycles. The van der Waals surface area contributed by atoms with Crippen LogP contribution in [0.1, 0.15) is 67.8 Å². The second-order valence-electron chi connectivity index (χ2n) is 10.1. The number of guanidine groups is 1. The normalized spacial score (nSPS) is 16.7. The van der Waals surface area contributed by atoms with Crippen molar-refractivity contribution < 1.29 is 40.7 Å². The highest BCUT2D eigenvalue weighted by Crippen LogP contribution is 2.36. The van der Waals surface area contributed by atoms with E-state index in [1.54, 1.807) is 11.8 Å². The van der Waals surface area contributed by atoms with Crippen molar-refractivity contribution >= 4 is 17.8 Å². The number of esters is 1. The number of ether oxygens (including phenoxy) is 1. The van der Waals surface area contributed by atoms with Crippen LogP contribution in [-0.4, -0.2) is 42.9 Å². The monoisotopic (exact) mass is 612 g/mol. The Bertz CT molecular complexity index is 1350. The lowest BCUT2D eigenvalue weighted by Gasteiger charge is -2.38. The molecule has 13 heteroatoms. The average molecular weight is 613 g/mol. The Morgan fingerprint density at radius 3 is 2.21 bits per heavy atom. The number of hydrogen-bond donors (Lipinski definition) is 2. The Hall–Kier alpha value is -4.03. The standard InChI is InChI=1S/C30H34F6N4O3/c1-19-25(27(42)43-3)26(22-11-9-13-24(17-22)30(34,35)36)39-28(40(19)15-7-5-4-6-14-37-20(2)41)38-18-21-10-8-12-23(16-21)29(31,32)33/h8-13,16-17,26H,4-7,14-15,18H2,1-3H3,(H,37,41)(H,38,39). The Labute approximate surface area is 246 Å². The van der Waals surface area contributed by atoms with Gasteiger partial charge in [-0.05, 0) is 55.2 Å². The maximum atomic E-state index is 13.5. The molecule has 3 rings (SSSR count). The minimum absolute atomic E-state index is 0.0884. The van der Waals surface area contributed by atoms with Crippen molar-refractivity contribution in [2.45, 2.75) is 64.5 Å². The van der Waals surface area contributed by atoms with E-state index in [2.05, 4.69) is 15.6 Å². The van der Waals surface area contributed by atoms with Crippen LogP contribution in [0, 0.1) is 0 Å². The first-order valence-corrected chi connectivity index (χ1v) is 13.7. The number of allylic oxidation sites excluding steroid dienone is 1. The number of nitrogens with one attached hydrogen (secondary N) is 2. The van der Waals surface area contributed by atoms with Crippen molar-refractivity contribution in [1.82, 2.24) is 15.5 Å². The molecule has 0 spiro atoms. The molecule has 0 bridgehead atoms.